The highest BCUT2D eigenvalue weighted by molar-refractivity contribution is 6.40. The highest BCUT2D eigenvalue weighted by atomic mass is 16.3. The van der Waals surface area contributed by atoms with Crippen LogP contribution in [0.15, 0.2) is 47.7 Å². The number of quaternary nitrogens is 1. The molecule has 2 rings (SSSR count). The van der Waals surface area contributed by atoms with E-state index >= 15 is 0 Å². The van der Waals surface area contributed by atoms with E-state index in [1.807, 2.05) is 0 Å². The number of carbonyl (C=O) groups excluding carboxylic acids is 2. The number of aliphatic hydroxyl groups excluding tert-OH is 1. The molecule has 0 spiro atoms. The number of hydrogen-bond acceptors (Lipinski definition) is 4. The molecule has 3 unspecified atom stereocenters. The minimum Gasteiger partial charge on any atom is -0.380 e. The van der Waals surface area contributed by atoms with Crippen molar-refractivity contribution in [1.82, 2.24) is 0 Å². The Kier molecular flexibility index (Phi) is 3.92. The number of nitrogens with zero attached hydrogens (tertiary/aromatic N) is 2. The summed E-state index contributed by atoms with van der Waals surface area (Å²) in [6.45, 7) is 1.65. The Labute approximate surface area is 117 Å². The topological polar surface area (TPSA) is 66.7 Å². The van der Waals surface area contributed by atoms with Crippen molar-refractivity contribution in [2.24, 2.45) is 4.99 Å². The van der Waals surface area contributed by atoms with Gasteiger partial charge in [-0.1, -0.05) is 30.3 Å². The van der Waals surface area contributed by atoms with Gasteiger partial charge in [-0.3, -0.25) is 9.59 Å². The van der Waals surface area contributed by atoms with Gasteiger partial charge in [0.15, 0.2) is 12.4 Å². The zero-order valence-electron chi connectivity index (χ0n) is 11.4. The summed E-state index contributed by atoms with van der Waals surface area (Å²) in [5, 5.41) is 10.0. The molecule has 104 valence electrons. The van der Waals surface area contributed by atoms with Gasteiger partial charge in [0.25, 0.3) is 5.78 Å². The van der Waals surface area contributed by atoms with E-state index in [1.54, 1.807) is 63.0 Å². The smallest absolute Gasteiger partial charge is 0.259 e. The van der Waals surface area contributed by atoms with E-state index < -0.39 is 23.7 Å². The highest BCUT2D eigenvalue weighted by Crippen LogP contribution is 2.19. The van der Waals surface area contributed by atoms with Crippen LogP contribution in [-0.2, 0) is 9.59 Å². The van der Waals surface area contributed by atoms with Crippen molar-refractivity contribution in [3.8, 4) is 0 Å². The first-order valence-corrected chi connectivity index (χ1v) is 6.34. The van der Waals surface area contributed by atoms with Gasteiger partial charge in [-0.15, -0.1) is 0 Å². The minimum absolute atomic E-state index is 0.131. The molecule has 0 saturated carbocycles. The maximum atomic E-state index is 12.2. The summed E-state index contributed by atoms with van der Waals surface area (Å²) in [6.07, 6.45) is 3.48. The standard InChI is InChI=1S/C15H17N2O3/c1-11(17(2)9-8-16-10-17)13(18)15(20)14(19)12-6-4-3-5-7-12/h3-11,14,19H,1-2H3/q+1. The van der Waals surface area contributed by atoms with Crippen molar-refractivity contribution in [2.45, 2.75) is 19.1 Å². The molecule has 0 aliphatic carbocycles. The predicted octanol–water partition coefficient (Wildman–Crippen LogP) is 1.21. The lowest BCUT2D eigenvalue weighted by Crippen LogP contribution is -2.51. The Bertz CT molecular complexity index is 566. The Balaban J connectivity index is 2.15. The summed E-state index contributed by atoms with van der Waals surface area (Å²) in [5.74, 6) is -1.40. The summed E-state index contributed by atoms with van der Waals surface area (Å²) in [4.78, 5) is 28.3. The van der Waals surface area contributed by atoms with Crippen molar-refractivity contribution in [3.63, 3.8) is 0 Å². The number of ketones is 2. The van der Waals surface area contributed by atoms with Crippen molar-refractivity contribution < 1.29 is 19.2 Å². The van der Waals surface area contributed by atoms with Crippen LogP contribution in [0, 0.1) is 0 Å². The maximum Gasteiger partial charge on any atom is 0.259 e. The second-order valence-electron chi connectivity index (χ2n) is 5.00. The van der Waals surface area contributed by atoms with Gasteiger partial charge in [0.2, 0.25) is 5.78 Å². The predicted molar refractivity (Wildman–Crippen MR) is 74.7 cm³/mol. The first-order valence-electron chi connectivity index (χ1n) is 6.34. The van der Waals surface area contributed by atoms with Gasteiger partial charge in [-0.2, -0.15) is 0 Å². The number of Topliss-reactive ketones (excluding diaryl/α,β-unsaturated/α-hetero) is 2. The third-order valence-corrected chi connectivity index (χ3v) is 3.61. The van der Waals surface area contributed by atoms with E-state index in [4.69, 9.17) is 0 Å². The fraction of sp³-hybridized carbons (Fsp3) is 0.267. The van der Waals surface area contributed by atoms with Crippen molar-refractivity contribution in [2.75, 3.05) is 7.05 Å². The van der Waals surface area contributed by atoms with Crippen LogP contribution in [0.4, 0.5) is 0 Å². The normalized spacial score (nSPS) is 23.6. The molecule has 1 N–H and O–H groups in total. The van der Waals surface area contributed by atoms with Crippen LogP contribution >= 0.6 is 0 Å². The van der Waals surface area contributed by atoms with Crippen molar-refractivity contribution >= 4 is 17.9 Å². The Hall–Kier alpha value is -2.11. The minimum atomic E-state index is -1.42. The first kappa shape index (κ1) is 14.3. The molecule has 20 heavy (non-hydrogen) atoms. The fourth-order valence-corrected chi connectivity index (χ4v) is 2.01. The van der Waals surface area contributed by atoms with Gasteiger partial charge in [0, 0.05) is 0 Å². The van der Waals surface area contributed by atoms with Crippen LogP contribution in [0.3, 0.4) is 0 Å². The summed E-state index contributed by atoms with van der Waals surface area (Å²) in [5.41, 5.74) is 0.423. The monoisotopic (exact) mass is 273 g/mol. The van der Waals surface area contributed by atoms with Crippen molar-refractivity contribution in [3.05, 3.63) is 48.3 Å². The molecule has 0 fully saturated rings. The molecule has 1 aromatic carbocycles. The zero-order chi connectivity index (χ0) is 14.8. The molecule has 1 aliphatic heterocycles. The Morgan fingerprint density at radius 3 is 2.40 bits per heavy atom. The van der Waals surface area contributed by atoms with Crippen LogP contribution < -0.4 is 0 Å². The lowest BCUT2D eigenvalue weighted by molar-refractivity contribution is -0.772. The van der Waals surface area contributed by atoms with Crippen LogP contribution in [0.25, 0.3) is 0 Å². The average Bonchev–Trinajstić information content (AvgIpc) is 2.93. The van der Waals surface area contributed by atoms with Gasteiger partial charge in [-0.25, -0.2) is 9.48 Å². The molecule has 0 saturated heterocycles. The number of likely N-dealkylation sites (N-methyl/N-ethyl adjacent to an activating group) is 1. The lowest BCUT2D eigenvalue weighted by Gasteiger charge is -2.28. The maximum absolute atomic E-state index is 12.2. The molecule has 1 heterocycles. The van der Waals surface area contributed by atoms with Crippen LogP contribution in [0.5, 0.6) is 0 Å². The Morgan fingerprint density at radius 2 is 1.85 bits per heavy atom. The van der Waals surface area contributed by atoms with Crippen LogP contribution in [0.1, 0.15) is 18.6 Å². The fourth-order valence-electron chi connectivity index (χ4n) is 2.01. The molecule has 0 radical (unpaired) electrons. The van der Waals surface area contributed by atoms with E-state index in [2.05, 4.69) is 4.99 Å². The number of hydrogen-bond donors (Lipinski definition) is 1. The molecule has 1 aliphatic rings. The first-order chi connectivity index (χ1) is 9.46. The average molecular weight is 273 g/mol. The largest absolute Gasteiger partial charge is 0.380 e. The molecule has 0 bridgehead atoms. The summed E-state index contributed by atoms with van der Waals surface area (Å²) in [7, 11) is 1.78. The van der Waals surface area contributed by atoms with Crippen LogP contribution in [0.2, 0.25) is 0 Å². The van der Waals surface area contributed by atoms with Gasteiger partial charge in [0.05, 0.1) is 13.2 Å². The number of aliphatic hydroxyl groups is 1. The number of aliphatic imine (C=N–C) groups is 1. The van der Waals surface area contributed by atoms with E-state index in [9.17, 15) is 14.7 Å². The molecule has 0 amide bonds. The molecule has 5 nitrogen and oxygen atoms in total. The second kappa shape index (κ2) is 5.48. The third kappa shape index (κ3) is 2.59. The molecular weight excluding hydrogens is 256 g/mol. The van der Waals surface area contributed by atoms with E-state index in [-0.39, 0.29) is 4.48 Å². The SMILES string of the molecule is CC(C(=O)C(=O)C(O)c1ccccc1)[N+]1(C)C=CN=C1. The second-order valence-corrected chi connectivity index (χ2v) is 5.00. The summed E-state index contributed by atoms with van der Waals surface area (Å²) < 4.78 is 0.131. The molecule has 5 heteroatoms. The zero-order valence-corrected chi connectivity index (χ0v) is 11.4. The molecule has 3 atom stereocenters. The van der Waals surface area contributed by atoms with Gasteiger partial charge in [-0.05, 0) is 12.5 Å². The van der Waals surface area contributed by atoms with Gasteiger partial charge in [0.1, 0.15) is 12.3 Å². The number of benzene rings is 1. The molecule has 0 aromatic heterocycles. The quantitative estimate of drug-likeness (QED) is 0.647. The number of carbonyl (C=O) groups is 2. The van der Waals surface area contributed by atoms with Crippen LogP contribution in [-0.4, -0.2) is 40.6 Å². The third-order valence-electron chi connectivity index (χ3n) is 3.61. The highest BCUT2D eigenvalue weighted by Gasteiger charge is 2.39. The molecular formula is C15H17N2O3+. The van der Waals surface area contributed by atoms with E-state index in [1.165, 1.54) is 0 Å². The van der Waals surface area contributed by atoms with Crippen molar-refractivity contribution in [1.29, 1.82) is 0 Å². The van der Waals surface area contributed by atoms with Gasteiger partial charge < -0.3 is 5.11 Å². The summed E-state index contributed by atoms with van der Waals surface area (Å²) >= 11 is 0. The lowest BCUT2D eigenvalue weighted by atomic mass is 9.98. The van der Waals surface area contributed by atoms with Gasteiger partial charge >= 0.3 is 0 Å². The molecule has 1 aromatic rings. The number of rotatable bonds is 5. The van der Waals surface area contributed by atoms with E-state index in [0.29, 0.717) is 5.56 Å². The summed E-state index contributed by atoms with van der Waals surface area (Å²) in [6, 6.07) is 7.82. The van der Waals surface area contributed by atoms with E-state index in [0.717, 1.165) is 0 Å². The Morgan fingerprint density at radius 1 is 1.20 bits per heavy atom.